The van der Waals surface area contributed by atoms with Crippen molar-refractivity contribution >= 4 is 28.8 Å². The predicted octanol–water partition coefficient (Wildman–Crippen LogP) is 4.16. The van der Waals surface area contributed by atoms with Gasteiger partial charge in [0, 0.05) is 5.70 Å². The Morgan fingerprint density at radius 2 is 1.88 bits per heavy atom. The van der Waals surface area contributed by atoms with Crippen molar-refractivity contribution in [3.05, 3.63) is 51.3 Å². The van der Waals surface area contributed by atoms with Gasteiger partial charge in [0.25, 0.3) is 0 Å². The van der Waals surface area contributed by atoms with Crippen molar-refractivity contribution in [2.45, 2.75) is 19.3 Å². The molecule has 1 N–H and O–H groups in total. The second-order valence-electron chi connectivity index (χ2n) is 4.13. The Hall–Kier alpha value is -0.920. The van der Waals surface area contributed by atoms with Crippen molar-refractivity contribution in [1.82, 2.24) is 5.32 Å². The minimum absolute atomic E-state index is 0.642. The van der Waals surface area contributed by atoms with Crippen LogP contribution in [0.4, 0.5) is 0 Å². The van der Waals surface area contributed by atoms with Crippen LogP contribution in [0, 0.1) is 0 Å². The van der Waals surface area contributed by atoms with Crippen LogP contribution in [-0.4, -0.2) is 0 Å². The molecule has 0 radical (unpaired) electrons. The molecule has 0 fully saturated rings. The van der Waals surface area contributed by atoms with Gasteiger partial charge in [0.15, 0.2) is 0 Å². The maximum absolute atomic E-state index is 6.08. The first-order valence-electron chi connectivity index (χ1n) is 5.37. The summed E-state index contributed by atoms with van der Waals surface area (Å²) in [7, 11) is 0. The van der Waals surface area contributed by atoms with Gasteiger partial charge in [-0.05, 0) is 54.3 Å². The van der Waals surface area contributed by atoms with E-state index in [0.717, 1.165) is 19.3 Å². The SMILES string of the molecule is Clc1cc2c(cc1Cl)C1=C(CC2)NC=CC1. The van der Waals surface area contributed by atoms with Crippen molar-refractivity contribution < 1.29 is 0 Å². The molecule has 0 spiro atoms. The monoisotopic (exact) mass is 251 g/mol. The minimum Gasteiger partial charge on any atom is -0.365 e. The van der Waals surface area contributed by atoms with Crippen LogP contribution >= 0.6 is 23.2 Å². The van der Waals surface area contributed by atoms with Gasteiger partial charge in [-0.2, -0.15) is 0 Å². The van der Waals surface area contributed by atoms with Gasteiger partial charge in [-0.1, -0.05) is 29.3 Å². The molecule has 0 bridgehead atoms. The summed E-state index contributed by atoms with van der Waals surface area (Å²) in [5, 5.41) is 4.62. The molecule has 0 saturated heterocycles. The van der Waals surface area contributed by atoms with Crippen molar-refractivity contribution in [3.63, 3.8) is 0 Å². The number of rotatable bonds is 0. The van der Waals surface area contributed by atoms with E-state index < -0.39 is 0 Å². The molecule has 1 nitrogen and oxygen atoms in total. The number of nitrogens with one attached hydrogen (secondary N) is 1. The number of aryl methyl sites for hydroxylation is 1. The molecule has 82 valence electrons. The summed E-state index contributed by atoms with van der Waals surface area (Å²) in [6.45, 7) is 0. The molecule has 0 unspecified atom stereocenters. The van der Waals surface area contributed by atoms with Gasteiger partial charge in [0.05, 0.1) is 10.0 Å². The molecule has 16 heavy (non-hydrogen) atoms. The van der Waals surface area contributed by atoms with Gasteiger partial charge < -0.3 is 5.32 Å². The first kappa shape index (κ1) is 10.2. The lowest BCUT2D eigenvalue weighted by Crippen LogP contribution is -2.17. The van der Waals surface area contributed by atoms with Gasteiger partial charge in [-0.15, -0.1) is 0 Å². The minimum atomic E-state index is 0.642. The Morgan fingerprint density at radius 3 is 2.75 bits per heavy atom. The first-order chi connectivity index (χ1) is 7.75. The number of hydrogen-bond donors (Lipinski definition) is 1. The highest BCUT2D eigenvalue weighted by Gasteiger charge is 2.20. The molecule has 0 atom stereocenters. The lowest BCUT2D eigenvalue weighted by molar-refractivity contribution is 0.826. The van der Waals surface area contributed by atoms with E-state index in [0.29, 0.717) is 10.0 Å². The highest BCUT2D eigenvalue weighted by atomic mass is 35.5. The Bertz CT molecular complexity index is 515. The largest absolute Gasteiger partial charge is 0.365 e. The van der Waals surface area contributed by atoms with Gasteiger partial charge >= 0.3 is 0 Å². The molecule has 0 amide bonds. The number of benzene rings is 1. The number of halogens is 2. The van der Waals surface area contributed by atoms with Crippen LogP contribution in [0.1, 0.15) is 24.0 Å². The summed E-state index contributed by atoms with van der Waals surface area (Å²) in [4.78, 5) is 0. The smallest absolute Gasteiger partial charge is 0.0598 e. The van der Waals surface area contributed by atoms with Crippen LogP contribution in [0.2, 0.25) is 10.0 Å². The summed E-state index contributed by atoms with van der Waals surface area (Å²) < 4.78 is 0. The number of allylic oxidation sites excluding steroid dienone is 3. The van der Waals surface area contributed by atoms with Crippen LogP contribution < -0.4 is 5.32 Å². The van der Waals surface area contributed by atoms with E-state index in [9.17, 15) is 0 Å². The zero-order chi connectivity index (χ0) is 11.1. The number of dihydropyridines is 1. The van der Waals surface area contributed by atoms with Gasteiger partial charge in [-0.25, -0.2) is 0 Å². The van der Waals surface area contributed by atoms with Crippen LogP contribution in [0.15, 0.2) is 30.1 Å². The lowest BCUT2D eigenvalue weighted by Gasteiger charge is -2.25. The fraction of sp³-hybridized carbons (Fsp3) is 0.231. The van der Waals surface area contributed by atoms with E-state index in [1.807, 2.05) is 18.3 Å². The summed E-state index contributed by atoms with van der Waals surface area (Å²) >= 11 is 12.1. The van der Waals surface area contributed by atoms with E-state index in [1.54, 1.807) is 0 Å². The lowest BCUT2D eigenvalue weighted by atomic mass is 9.86. The van der Waals surface area contributed by atoms with E-state index in [1.165, 1.54) is 22.4 Å². The molecule has 3 rings (SSSR count). The van der Waals surface area contributed by atoms with Crippen LogP contribution in [0.25, 0.3) is 5.57 Å². The highest BCUT2D eigenvalue weighted by Crippen LogP contribution is 2.38. The van der Waals surface area contributed by atoms with Crippen LogP contribution in [-0.2, 0) is 6.42 Å². The Labute approximate surface area is 105 Å². The molecule has 1 aromatic carbocycles. The second-order valence-corrected chi connectivity index (χ2v) is 4.95. The number of hydrogen-bond acceptors (Lipinski definition) is 1. The van der Waals surface area contributed by atoms with E-state index in [4.69, 9.17) is 23.2 Å². The van der Waals surface area contributed by atoms with E-state index >= 15 is 0 Å². The first-order valence-corrected chi connectivity index (χ1v) is 6.13. The quantitative estimate of drug-likeness (QED) is 0.731. The molecular formula is C13H11Cl2N. The van der Waals surface area contributed by atoms with Crippen molar-refractivity contribution in [2.24, 2.45) is 0 Å². The fourth-order valence-corrected chi connectivity index (χ4v) is 2.73. The maximum atomic E-state index is 6.08. The highest BCUT2D eigenvalue weighted by molar-refractivity contribution is 6.42. The molecule has 1 aliphatic heterocycles. The standard InChI is InChI=1S/C13H11Cl2N/c14-11-6-8-3-4-13-9(2-1-5-16-13)10(8)7-12(11)15/h1,5-7,16H,2-4H2. The average molecular weight is 252 g/mol. The van der Waals surface area contributed by atoms with Gasteiger partial charge in [0.2, 0.25) is 0 Å². The van der Waals surface area contributed by atoms with Gasteiger partial charge in [-0.3, -0.25) is 0 Å². The van der Waals surface area contributed by atoms with Crippen LogP contribution in [0.3, 0.4) is 0 Å². The maximum Gasteiger partial charge on any atom is 0.0598 e. The molecule has 0 saturated carbocycles. The zero-order valence-electron chi connectivity index (χ0n) is 8.69. The summed E-state index contributed by atoms with van der Waals surface area (Å²) in [6, 6.07) is 4.00. The van der Waals surface area contributed by atoms with Crippen LogP contribution in [0.5, 0.6) is 0 Å². The van der Waals surface area contributed by atoms with Crippen molar-refractivity contribution in [1.29, 1.82) is 0 Å². The summed E-state index contributed by atoms with van der Waals surface area (Å²) in [6.07, 6.45) is 7.22. The molecule has 1 aromatic rings. The third-order valence-electron chi connectivity index (χ3n) is 3.18. The Morgan fingerprint density at radius 1 is 1.06 bits per heavy atom. The van der Waals surface area contributed by atoms with Crippen molar-refractivity contribution in [2.75, 3.05) is 0 Å². The number of fused-ring (bicyclic) bond motifs is 2. The summed E-state index contributed by atoms with van der Waals surface area (Å²) in [5.74, 6) is 0. The normalized spacial score (nSPS) is 17.9. The Kier molecular flexibility index (Phi) is 2.45. The fourth-order valence-electron chi connectivity index (χ4n) is 2.38. The molecule has 2 aliphatic rings. The third kappa shape index (κ3) is 1.55. The second kappa shape index (κ2) is 3.83. The molecule has 1 aliphatic carbocycles. The molecule has 1 heterocycles. The molecule has 3 heteroatoms. The topological polar surface area (TPSA) is 12.0 Å². The van der Waals surface area contributed by atoms with Crippen molar-refractivity contribution in [3.8, 4) is 0 Å². The molecule has 0 aromatic heterocycles. The molecular weight excluding hydrogens is 241 g/mol. The zero-order valence-corrected chi connectivity index (χ0v) is 10.2. The third-order valence-corrected chi connectivity index (χ3v) is 3.90. The van der Waals surface area contributed by atoms with E-state index in [-0.39, 0.29) is 0 Å². The Balaban J connectivity index is 2.16. The summed E-state index contributed by atoms with van der Waals surface area (Å²) in [5.41, 5.74) is 5.26. The average Bonchev–Trinajstić information content (AvgIpc) is 2.31. The predicted molar refractivity (Wildman–Crippen MR) is 68.6 cm³/mol. The van der Waals surface area contributed by atoms with E-state index in [2.05, 4.69) is 11.4 Å². The van der Waals surface area contributed by atoms with Gasteiger partial charge in [0.1, 0.15) is 0 Å².